The molecule has 4 heteroatoms. The van der Waals surface area contributed by atoms with Crippen molar-refractivity contribution in [2.75, 3.05) is 13.7 Å². The standard InChI is InChI=1S/C14H23NO3/c1-14(2,3)13(16)9-18-12-7-11(17-4)6-5-10(12)8-15/h5-7,13,16H,8-9,15H2,1-4H3. The highest BCUT2D eigenvalue weighted by Gasteiger charge is 2.23. The fourth-order valence-corrected chi connectivity index (χ4v) is 1.38. The maximum atomic E-state index is 9.95. The van der Waals surface area contributed by atoms with Gasteiger partial charge in [0.15, 0.2) is 0 Å². The van der Waals surface area contributed by atoms with E-state index in [-0.39, 0.29) is 12.0 Å². The zero-order valence-corrected chi connectivity index (χ0v) is 11.6. The molecule has 0 aromatic heterocycles. The van der Waals surface area contributed by atoms with Gasteiger partial charge in [0.1, 0.15) is 18.1 Å². The lowest BCUT2D eigenvalue weighted by atomic mass is 9.90. The third-order valence-corrected chi connectivity index (χ3v) is 2.89. The van der Waals surface area contributed by atoms with E-state index in [9.17, 15) is 5.11 Å². The van der Waals surface area contributed by atoms with Gasteiger partial charge in [-0.1, -0.05) is 26.8 Å². The molecule has 3 N–H and O–H groups in total. The van der Waals surface area contributed by atoms with E-state index in [1.54, 1.807) is 13.2 Å². The van der Waals surface area contributed by atoms with E-state index in [1.165, 1.54) is 0 Å². The van der Waals surface area contributed by atoms with Gasteiger partial charge in [0.2, 0.25) is 0 Å². The Morgan fingerprint density at radius 2 is 2.00 bits per heavy atom. The zero-order valence-electron chi connectivity index (χ0n) is 11.6. The summed E-state index contributed by atoms with van der Waals surface area (Å²) in [6, 6.07) is 5.50. The normalized spacial score (nSPS) is 13.2. The lowest BCUT2D eigenvalue weighted by Crippen LogP contribution is -2.32. The average molecular weight is 253 g/mol. The predicted octanol–water partition coefficient (Wildman–Crippen LogP) is 1.94. The van der Waals surface area contributed by atoms with Gasteiger partial charge in [-0.25, -0.2) is 0 Å². The number of aliphatic hydroxyl groups excluding tert-OH is 1. The van der Waals surface area contributed by atoms with Gasteiger partial charge >= 0.3 is 0 Å². The summed E-state index contributed by atoms with van der Waals surface area (Å²) in [5, 5.41) is 9.95. The highest BCUT2D eigenvalue weighted by molar-refractivity contribution is 5.40. The van der Waals surface area contributed by atoms with E-state index >= 15 is 0 Å². The number of nitrogens with two attached hydrogens (primary N) is 1. The molecular formula is C14H23NO3. The van der Waals surface area contributed by atoms with Crippen LogP contribution in [0.4, 0.5) is 0 Å². The van der Waals surface area contributed by atoms with Gasteiger partial charge in [-0.05, 0) is 11.5 Å². The molecule has 0 saturated heterocycles. The average Bonchev–Trinajstić information content (AvgIpc) is 2.34. The molecule has 18 heavy (non-hydrogen) atoms. The predicted molar refractivity (Wildman–Crippen MR) is 71.8 cm³/mol. The summed E-state index contributed by atoms with van der Waals surface area (Å²) in [6.45, 7) is 6.54. The van der Waals surface area contributed by atoms with Crippen molar-refractivity contribution in [1.29, 1.82) is 0 Å². The van der Waals surface area contributed by atoms with E-state index in [0.717, 1.165) is 5.56 Å². The zero-order chi connectivity index (χ0) is 13.8. The van der Waals surface area contributed by atoms with Crippen LogP contribution in [0.5, 0.6) is 11.5 Å². The fraction of sp³-hybridized carbons (Fsp3) is 0.571. The number of rotatable bonds is 5. The van der Waals surface area contributed by atoms with Gasteiger partial charge < -0.3 is 20.3 Å². The summed E-state index contributed by atoms with van der Waals surface area (Å²) in [5.74, 6) is 1.38. The highest BCUT2D eigenvalue weighted by atomic mass is 16.5. The third-order valence-electron chi connectivity index (χ3n) is 2.89. The molecule has 0 radical (unpaired) electrons. The van der Waals surface area contributed by atoms with Crippen molar-refractivity contribution < 1.29 is 14.6 Å². The van der Waals surface area contributed by atoms with E-state index in [1.807, 2.05) is 32.9 Å². The first-order chi connectivity index (χ1) is 8.38. The number of aliphatic hydroxyl groups is 1. The first kappa shape index (κ1) is 14.8. The topological polar surface area (TPSA) is 64.7 Å². The van der Waals surface area contributed by atoms with Crippen LogP contribution in [-0.4, -0.2) is 24.9 Å². The molecule has 4 nitrogen and oxygen atoms in total. The number of methoxy groups -OCH3 is 1. The largest absolute Gasteiger partial charge is 0.497 e. The molecule has 102 valence electrons. The van der Waals surface area contributed by atoms with Crippen molar-refractivity contribution in [3.8, 4) is 11.5 Å². The van der Waals surface area contributed by atoms with Crippen LogP contribution in [0.2, 0.25) is 0 Å². The van der Waals surface area contributed by atoms with E-state index in [2.05, 4.69) is 0 Å². The van der Waals surface area contributed by atoms with Crippen molar-refractivity contribution in [2.45, 2.75) is 33.4 Å². The molecule has 0 fully saturated rings. The molecular weight excluding hydrogens is 230 g/mol. The molecule has 0 aliphatic rings. The van der Waals surface area contributed by atoms with Crippen LogP contribution in [0.3, 0.4) is 0 Å². The number of hydrogen-bond donors (Lipinski definition) is 2. The molecule has 0 saturated carbocycles. The highest BCUT2D eigenvalue weighted by Crippen LogP contribution is 2.26. The maximum Gasteiger partial charge on any atom is 0.127 e. The Balaban J connectivity index is 2.77. The summed E-state index contributed by atoms with van der Waals surface area (Å²) in [4.78, 5) is 0. The van der Waals surface area contributed by atoms with Gasteiger partial charge in [-0.3, -0.25) is 0 Å². The Bertz CT molecular complexity index is 385. The minimum Gasteiger partial charge on any atom is -0.497 e. The maximum absolute atomic E-state index is 9.95. The summed E-state index contributed by atoms with van der Waals surface area (Å²) < 4.78 is 10.8. The van der Waals surface area contributed by atoms with E-state index in [0.29, 0.717) is 18.0 Å². The molecule has 1 aromatic carbocycles. The molecule has 1 atom stereocenters. The Labute approximate surface area is 109 Å². The van der Waals surface area contributed by atoms with Gasteiger partial charge in [0.05, 0.1) is 13.2 Å². The van der Waals surface area contributed by atoms with Gasteiger partial charge in [-0.15, -0.1) is 0 Å². The van der Waals surface area contributed by atoms with Crippen LogP contribution in [0.25, 0.3) is 0 Å². The molecule has 1 rings (SSSR count). The lowest BCUT2D eigenvalue weighted by molar-refractivity contribution is 0.0215. The Hall–Kier alpha value is -1.26. The quantitative estimate of drug-likeness (QED) is 0.841. The summed E-state index contributed by atoms with van der Waals surface area (Å²) in [7, 11) is 1.60. The summed E-state index contributed by atoms with van der Waals surface area (Å²) in [6.07, 6.45) is -0.533. The van der Waals surface area contributed by atoms with Crippen molar-refractivity contribution in [3.05, 3.63) is 23.8 Å². The van der Waals surface area contributed by atoms with Crippen LogP contribution in [0.1, 0.15) is 26.3 Å². The van der Waals surface area contributed by atoms with E-state index < -0.39 is 6.10 Å². The summed E-state index contributed by atoms with van der Waals surface area (Å²) in [5.41, 5.74) is 6.34. The Morgan fingerprint density at radius 1 is 1.33 bits per heavy atom. The first-order valence-corrected chi connectivity index (χ1v) is 6.06. The third kappa shape index (κ3) is 3.89. The van der Waals surface area contributed by atoms with Gasteiger partial charge in [-0.2, -0.15) is 0 Å². The molecule has 0 aliphatic carbocycles. The Morgan fingerprint density at radius 3 is 2.50 bits per heavy atom. The second-order valence-electron chi connectivity index (χ2n) is 5.37. The van der Waals surface area contributed by atoms with Gasteiger partial charge in [0.25, 0.3) is 0 Å². The summed E-state index contributed by atoms with van der Waals surface area (Å²) >= 11 is 0. The smallest absolute Gasteiger partial charge is 0.127 e. The number of ether oxygens (including phenoxy) is 2. The van der Waals surface area contributed by atoms with Crippen molar-refractivity contribution >= 4 is 0 Å². The molecule has 1 aromatic rings. The fourth-order valence-electron chi connectivity index (χ4n) is 1.38. The first-order valence-electron chi connectivity index (χ1n) is 6.06. The molecule has 0 amide bonds. The minimum atomic E-state index is -0.533. The lowest BCUT2D eigenvalue weighted by Gasteiger charge is -2.26. The van der Waals surface area contributed by atoms with Crippen LogP contribution < -0.4 is 15.2 Å². The van der Waals surface area contributed by atoms with Crippen LogP contribution in [-0.2, 0) is 6.54 Å². The van der Waals surface area contributed by atoms with Crippen LogP contribution >= 0.6 is 0 Å². The number of hydrogen-bond acceptors (Lipinski definition) is 4. The minimum absolute atomic E-state index is 0.207. The molecule has 1 unspecified atom stereocenters. The molecule has 0 bridgehead atoms. The molecule has 0 spiro atoms. The van der Waals surface area contributed by atoms with E-state index in [4.69, 9.17) is 15.2 Å². The Kier molecular flexibility index (Phi) is 4.99. The van der Waals surface area contributed by atoms with Crippen LogP contribution in [0.15, 0.2) is 18.2 Å². The molecule has 0 heterocycles. The molecule has 0 aliphatic heterocycles. The van der Waals surface area contributed by atoms with Crippen molar-refractivity contribution in [2.24, 2.45) is 11.1 Å². The second kappa shape index (κ2) is 6.07. The second-order valence-corrected chi connectivity index (χ2v) is 5.37. The van der Waals surface area contributed by atoms with Crippen LogP contribution in [0, 0.1) is 5.41 Å². The monoisotopic (exact) mass is 253 g/mol. The SMILES string of the molecule is COc1ccc(CN)c(OCC(O)C(C)(C)C)c1. The van der Waals surface area contributed by atoms with Crippen molar-refractivity contribution in [1.82, 2.24) is 0 Å². The van der Waals surface area contributed by atoms with Gasteiger partial charge in [0, 0.05) is 18.2 Å². The van der Waals surface area contributed by atoms with Crippen molar-refractivity contribution in [3.63, 3.8) is 0 Å². The number of benzene rings is 1.